The zero-order valence-corrected chi connectivity index (χ0v) is 19.9. The first-order chi connectivity index (χ1) is 16.2. The molecule has 1 aliphatic heterocycles. The molecule has 1 fully saturated rings. The SMILES string of the molecule is Cc1cc(F)ccc1[C@H]1C[C@@H](CS)CCN1C(=O)N(C)Cc1cc(C(F)(F)F)cc(C(F)(F)F)c1. The second-order valence-electron chi connectivity index (χ2n) is 8.84. The van der Waals surface area contributed by atoms with Gasteiger partial charge in [-0.3, -0.25) is 0 Å². The first-order valence-electron chi connectivity index (χ1n) is 10.9. The Morgan fingerprint density at radius 3 is 2.17 bits per heavy atom. The molecule has 2 aromatic rings. The van der Waals surface area contributed by atoms with Gasteiger partial charge in [-0.1, -0.05) is 6.07 Å². The van der Waals surface area contributed by atoms with Crippen molar-refractivity contribution in [3.05, 3.63) is 70.0 Å². The van der Waals surface area contributed by atoms with E-state index in [-0.39, 0.29) is 17.5 Å². The summed E-state index contributed by atoms with van der Waals surface area (Å²) in [4.78, 5) is 16.0. The zero-order valence-electron chi connectivity index (χ0n) is 19.0. The van der Waals surface area contributed by atoms with Crippen LogP contribution in [0.4, 0.5) is 35.5 Å². The van der Waals surface area contributed by atoms with Crippen LogP contribution in [0.5, 0.6) is 0 Å². The lowest BCUT2D eigenvalue weighted by atomic mass is 9.86. The van der Waals surface area contributed by atoms with Crippen LogP contribution < -0.4 is 0 Å². The molecule has 0 spiro atoms. The predicted octanol–water partition coefficient (Wildman–Crippen LogP) is 7.11. The highest BCUT2D eigenvalue weighted by Gasteiger charge is 2.38. The molecule has 3 rings (SSSR count). The van der Waals surface area contributed by atoms with Gasteiger partial charge in [-0.05, 0) is 78.5 Å². The molecule has 2 aromatic carbocycles. The molecule has 0 radical (unpaired) electrons. The van der Waals surface area contributed by atoms with Gasteiger partial charge in [-0.15, -0.1) is 0 Å². The van der Waals surface area contributed by atoms with E-state index in [9.17, 15) is 35.5 Å². The maximum absolute atomic E-state index is 13.7. The summed E-state index contributed by atoms with van der Waals surface area (Å²) in [7, 11) is 1.33. The largest absolute Gasteiger partial charge is 0.416 e. The number of aryl methyl sites for hydroxylation is 1. The van der Waals surface area contributed by atoms with E-state index in [4.69, 9.17) is 0 Å². The number of nitrogens with zero attached hydrogens (tertiary/aromatic N) is 2. The van der Waals surface area contributed by atoms with Gasteiger partial charge in [-0.2, -0.15) is 39.0 Å². The lowest BCUT2D eigenvalue weighted by Crippen LogP contribution is -2.47. The summed E-state index contributed by atoms with van der Waals surface area (Å²) in [5.41, 5.74) is -1.78. The Morgan fingerprint density at radius 2 is 1.66 bits per heavy atom. The molecule has 35 heavy (non-hydrogen) atoms. The number of hydrogen-bond donors (Lipinski definition) is 1. The Labute approximate surface area is 204 Å². The minimum Gasteiger partial charge on any atom is -0.323 e. The van der Waals surface area contributed by atoms with Gasteiger partial charge in [0.1, 0.15) is 5.82 Å². The molecule has 192 valence electrons. The molecule has 0 aromatic heterocycles. The molecule has 0 saturated carbocycles. The average molecular weight is 523 g/mol. The number of amides is 2. The maximum Gasteiger partial charge on any atom is 0.416 e. The van der Waals surface area contributed by atoms with Gasteiger partial charge in [-0.25, -0.2) is 9.18 Å². The number of carbonyl (C=O) groups excluding carboxylic acids is 1. The van der Waals surface area contributed by atoms with Crippen molar-refractivity contribution in [3.63, 3.8) is 0 Å². The molecule has 1 saturated heterocycles. The number of thiol groups is 1. The summed E-state index contributed by atoms with van der Waals surface area (Å²) in [6.45, 7) is 1.59. The third-order valence-electron chi connectivity index (χ3n) is 6.20. The highest BCUT2D eigenvalue weighted by molar-refractivity contribution is 7.80. The second kappa shape index (κ2) is 10.3. The highest BCUT2D eigenvalue weighted by atomic mass is 32.1. The standard InChI is InChI=1S/C24H25F7N2OS/c1-14-7-19(25)3-4-20(14)21-10-15(13-35)5-6-33(21)22(34)32(2)12-16-8-17(23(26,27)28)11-18(9-16)24(29,30)31/h3-4,7-9,11,15,21,35H,5-6,10,12-13H2,1-2H3/t15-,21+/m0/s1. The van der Waals surface area contributed by atoms with Crippen molar-refractivity contribution >= 4 is 18.7 Å². The minimum absolute atomic E-state index is 0.0564. The van der Waals surface area contributed by atoms with E-state index in [1.54, 1.807) is 17.9 Å². The van der Waals surface area contributed by atoms with E-state index in [0.29, 0.717) is 42.8 Å². The van der Waals surface area contributed by atoms with Gasteiger partial charge >= 0.3 is 18.4 Å². The van der Waals surface area contributed by atoms with Crippen LogP contribution in [0, 0.1) is 18.7 Å². The van der Waals surface area contributed by atoms with Gasteiger partial charge in [0.25, 0.3) is 0 Å². The lowest BCUT2D eigenvalue weighted by molar-refractivity contribution is -0.143. The first kappa shape index (κ1) is 27.2. The Kier molecular flexibility index (Phi) is 7.98. The Bertz CT molecular complexity index is 1040. The number of piperidine rings is 1. The number of urea groups is 1. The predicted molar refractivity (Wildman–Crippen MR) is 120 cm³/mol. The van der Waals surface area contributed by atoms with Crippen molar-refractivity contribution in [2.75, 3.05) is 19.3 Å². The summed E-state index contributed by atoms with van der Waals surface area (Å²) >= 11 is 4.35. The van der Waals surface area contributed by atoms with Crippen LogP contribution in [-0.4, -0.2) is 35.2 Å². The number of carbonyl (C=O) groups is 1. The smallest absolute Gasteiger partial charge is 0.323 e. The minimum atomic E-state index is -4.97. The second-order valence-corrected chi connectivity index (χ2v) is 9.20. The van der Waals surface area contributed by atoms with Gasteiger partial charge in [0, 0.05) is 20.1 Å². The molecule has 2 atom stereocenters. The summed E-state index contributed by atoms with van der Waals surface area (Å²) in [6, 6.07) is 4.57. The first-order valence-corrected chi connectivity index (χ1v) is 11.5. The molecule has 3 nitrogen and oxygen atoms in total. The quantitative estimate of drug-likeness (QED) is 0.336. The molecule has 0 bridgehead atoms. The van der Waals surface area contributed by atoms with Crippen molar-refractivity contribution in [2.24, 2.45) is 5.92 Å². The van der Waals surface area contributed by atoms with E-state index in [1.165, 1.54) is 19.2 Å². The van der Waals surface area contributed by atoms with Crippen LogP contribution in [0.1, 0.15) is 46.7 Å². The molecule has 2 amide bonds. The van der Waals surface area contributed by atoms with Crippen molar-refractivity contribution < 1.29 is 35.5 Å². The molecule has 0 unspecified atom stereocenters. The van der Waals surface area contributed by atoms with Crippen LogP contribution in [-0.2, 0) is 18.9 Å². The van der Waals surface area contributed by atoms with Gasteiger partial charge in [0.15, 0.2) is 0 Å². The van der Waals surface area contributed by atoms with Gasteiger partial charge < -0.3 is 9.80 Å². The van der Waals surface area contributed by atoms with E-state index < -0.39 is 47.9 Å². The summed E-state index contributed by atoms with van der Waals surface area (Å²) in [5.74, 6) is 0.353. The number of alkyl halides is 6. The number of benzene rings is 2. The van der Waals surface area contributed by atoms with Crippen LogP contribution >= 0.6 is 12.6 Å². The third kappa shape index (κ3) is 6.42. The molecule has 11 heteroatoms. The van der Waals surface area contributed by atoms with Crippen molar-refractivity contribution in [1.29, 1.82) is 0 Å². The summed E-state index contributed by atoms with van der Waals surface area (Å²) in [6.07, 6.45) is -8.75. The molecule has 1 heterocycles. The molecule has 0 N–H and O–H groups in total. The van der Waals surface area contributed by atoms with E-state index >= 15 is 0 Å². The fraction of sp³-hybridized carbons (Fsp3) is 0.458. The summed E-state index contributed by atoms with van der Waals surface area (Å²) in [5, 5.41) is 0. The van der Waals surface area contributed by atoms with E-state index in [0.717, 1.165) is 10.5 Å². The van der Waals surface area contributed by atoms with E-state index in [2.05, 4.69) is 12.6 Å². The maximum atomic E-state index is 13.7. The average Bonchev–Trinajstić information content (AvgIpc) is 2.77. The lowest BCUT2D eigenvalue weighted by Gasteiger charge is -2.41. The van der Waals surface area contributed by atoms with Crippen LogP contribution in [0.3, 0.4) is 0 Å². The normalized spacial score (nSPS) is 19.1. The Hall–Kier alpha value is -2.43. The number of likely N-dealkylation sites (tertiary alicyclic amines) is 1. The number of hydrogen-bond acceptors (Lipinski definition) is 2. The van der Waals surface area contributed by atoms with Gasteiger partial charge in [0.2, 0.25) is 0 Å². The zero-order chi connectivity index (χ0) is 26.1. The number of rotatable bonds is 4. The third-order valence-corrected chi connectivity index (χ3v) is 6.72. The topological polar surface area (TPSA) is 23.6 Å². The fourth-order valence-electron chi connectivity index (χ4n) is 4.41. The fourth-order valence-corrected chi connectivity index (χ4v) is 4.74. The number of halogens is 7. The monoisotopic (exact) mass is 522 g/mol. The molecule has 0 aliphatic carbocycles. The summed E-state index contributed by atoms with van der Waals surface area (Å²) < 4.78 is 92.9. The van der Waals surface area contributed by atoms with Crippen LogP contribution in [0.2, 0.25) is 0 Å². The van der Waals surface area contributed by atoms with Gasteiger partial charge in [0.05, 0.1) is 17.2 Å². The molecular formula is C24H25F7N2OS. The van der Waals surface area contributed by atoms with Crippen molar-refractivity contribution in [1.82, 2.24) is 9.80 Å². The van der Waals surface area contributed by atoms with Crippen LogP contribution in [0.15, 0.2) is 36.4 Å². The van der Waals surface area contributed by atoms with Crippen molar-refractivity contribution in [2.45, 2.75) is 44.7 Å². The van der Waals surface area contributed by atoms with E-state index in [1.807, 2.05) is 0 Å². The van der Waals surface area contributed by atoms with Crippen LogP contribution in [0.25, 0.3) is 0 Å². The van der Waals surface area contributed by atoms with Crippen molar-refractivity contribution in [3.8, 4) is 0 Å². The Morgan fingerprint density at radius 1 is 1.06 bits per heavy atom. The highest BCUT2D eigenvalue weighted by Crippen LogP contribution is 2.38. The molecule has 1 aliphatic rings. The molecular weight excluding hydrogens is 497 g/mol. The Balaban J connectivity index is 1.90.